The summed E-state index contributed by atoms with van der Waals surface area (Å²) >= 11 is 6.66. The fourth-order valence-electron chi connectivity index (χ4n) is 1.37. The van der Waals surface area contributed by atoms with Crippen LogP contribution in [0, 0.1) is 0 Å². The molecule has 0 aliphatic heterocycles. The van der Waals surface area contributed by atoms with Crippen molar-refractivity contribution < 1.29 is 9.90 Å². The monoisotopic (exact) mass is 329 g/mol. The van der Waals surface area contributed by atoms with Crippen LogP contribution in [0.15, 0.2) is 33.3 Å². The lowest BCUT2D eigenvalue weighted by Gasteiger charge is -2.05. The van der Waals surface area contributed by atoms with Crippen molar-refractivity contribution in [1.82, 2.24) is 4.98 Å². The van der Waals surface area contributed by atoms with E-state index < -0.39 is 5.97 Å². The molecule has 3 nitrogen and oxygen atoms in total. The van der Waals surface area contributed by atoms with Crippen LogP contribution in [0.4, 0.5) is 0 Å². The number of aromatic nitrogens is 1. The van der Waals surface area contributed by atoms with E-state index in [4.69, 9.17) is 5.11 Å². The molecule has 0 aliphatic rings. The Bertz CT molecular complexity index is 554. The molecule has 0 radical (unpaired) electrons. The van der Waals surface area contributed by atoms with E-state index in [1.807, 2.05) is 6.07 Å². The third-order valence-electron chi connectivity index (χ3n) is 2.02. The first-order chi connectivity index (χ1) is 7.11. The highest BCUT2D eigenvalue weighted by atomic mass is 79.9. The van der Waals surface area contributed by atoms with E-state index >= 15 is 0 Å². The molecule has 0 spiro atoms. The van der Waals surface area contributed by atoms with Gasteiger partial charge in [-0.25, -0.2) is 4.79 Å². The van der Waals surface area contributed by atoms with E-state index in [2.05, 4.69) is 36.8 Å². The Morgan fingerprint density at radius 2 is 1.87 bits per heavy atom. The molecule has 0 saturated heterocycles. The molecule has 0 fully saturated rings. The summed E-state index contributed by atoms with van der Waals surface area (Å²) in [6.45, 7) is 0. The summed E-state index contributed by atoms with van der Waals surface area (Å²) in [6.07, 6.45) is 1.49. The maximum absolute atomic E-state index is 11.0. The average molecular weight is 331 g/mol. The average Bonchev–Trinajstić information content (AvgIpc) is 2.23. The fraction of sp³-hybridized carbons (Fsp3) is 0. The van der Waals surface area contributed by atoms with Crippen molar-refractivity contribution in [2.75, 3.05) is 0 Å². The van der Waals surface area contributed by atoms with E-state index in [0.717, 1.165) is 8.95 Å². The summed E-state index contributed by atoms with van der Waals surface area (Å²) in [6, 6.07) is 5.10. The molecule has 1 aromatic heterocycles. The Kier molecular flexibility index (Phi) is 2.75. The quantitative estimate of drug-likeness (QED) is 0.871. The van der Waals surface area contributed by atoms with Crippen molar-refractivity contribution >= 4 is 48.7 Å². The van der Waals surface area contributed by atoms with Gasteiger partial charge in [-0.1, -0.05) is 15.9 Å². The minimum Gasteiger partial charge on any atom is -0.478 e. The Labute approximate surface area is 102 Å². The predicted molar refractivity (Wildman–Crippen MR) is 64.1 cm³/mol. The van der Waals surface area contributed by atoms with Gasteiger partial charge >= 0.3 is 5.97 Å². The van der Waals surface area contributed by atoms with Gasteiger partial charge in [0, 0.05) is 20.5 Å². The zero-order chi connectivity index (χ0) is 11.0. The van der Waals surface area contributed by atoms with E-state index in [1.54, 1.807) is 6.07 Å². The largest absolute Gasteiger partial charge is 0.478 e. The molecule has 2 rings (SSSR count). The van der Waals surface area contributed by atoms with Crippen molar-refractivity contribution in [2.24, 2.45) is 0 Å². The SMILES string of the molecule is O=C(O)c1ccnc2c(Br)ccc(Br)c12. The first-order valence-electron chi connectivity index (χ1n) is 4.07. The van der Waals surface area contributed by atoms with Gasteiger partial charge in [-0.3, -0.25) is 4.98 Å². The molecule has 5 heteroatoms. The zero-order valence-electron chi connectivity index (χ0n) is 7.37. The summed E-state index contributed by atoms with van der Waals surface area (Å²) in [5, 5.41) is 9.64. The highest BCUT2D eigenvalue weighted by Gasteiger charge is 2.13. The second-order valence-corrected chi connectivity index (χ2v) is 4.63. The number of carboxylic acids is 1. The number of aromatic carboxylic acids is 1. The van der Waals surface area contributed by atoms with Crippen LogP contribution in [0.2, 0.25) is 0 Å². The number of benzene rings is 1. The van der Waals surface area contributed by atoms with Gasteiger partial charge in [-0.15, -0.1) is 0 Å². The van der Waals surface area contributed by atoms with Crippen molar-refractivity contribution in [1.29, 1.82) is 0 Å². The number of nitrogens with zero attached hydrogens (tertiary/aromatic N) is 1. The lowest BCUT2D eigenvalue weighted by atomic mass is 10.1. The summed E-state index contributed by atoms with van der Waals surface area (Å²) in [5.74, 6) is -0.957. The van der Waals surface area contributed by atoms with Crippen molar-refractivity contribution in [3.63, 3.8) is 0 Å². The van der Waals surface area contributed by atoms with Crippen LogP contribution in [0.5, 0.6) is 0 Å². The summed E-state index contributed by atoms with van der Waals surface area (Å²) in [4.78, 5) is 15.2. The van der Waals surface area contributed by atoms with Crippen LogP contribution >= 0.6 is 31.9 Å². The Morgan fingerprint density at radius 1 is 1.20 bits per heavy atom. The van der Waals surface area contributed by atoms with Crippen LogP contribution in [0.25, 0.3) is 10.9 Å². The Morgan fingerprint density at radius 3 is 2.53 bits per heavy atom. The van der Waals surface area contributed by atoms with Crippen LogP contribution < -0.4 is 0 Å². The van der Waals surface area contributed by atoms with Crippen molar-refractivity contribution in [3.05, 3.63) is 38.9 Å². The normalized spacial score (nSPS) is 10.5. The number of fused-ring (bicyclic) bond motifs is 1. The summed E-state index contributed by atoms with van der Waals surface area (Å²) < 4.78 is 1.51. The van der Waals surface area contributed by atoms with E-state index in [9.17, 15) is 4.79 Å². The minimum absolute atomic E-state index is 0.244. The highest BCUT2D eigenvalue weighted by molar-refractivity contribution is 9.11. The van der Waals surface area contributed by atoms with Gasteiger partial charge in [0.15, 0.2) is 0 Å². The molecule has 1 aromatic carbocycles. The standard InChI is InChI=1S/C10H5Br2NO2/c11-6-1-2-7(12)9-8(6)5(10(14)15)3-4-13-9/h1-4H,(H,14,15). The molecule has 0 bridgehead atoms. The van der Waals surface area contributed by atoms with Gasteiger partial charge in [0.1, 0.15) is 0 Å². The smallest absolute Gasteiger partial charge is 0.336 e. The van der Waals surface area contributed by atoms with Gasteiger partial charge in [-0.05, 0) is 34.1 Å². The van der Waals surface area contributed by atoms with Crippen LogP contribution in [-0.2, 0) is 0 Å². The number of hydrogen-bond acceptors (Lipinski definition) is 2. The lowest BCUT2D eigenvalue weighted by molar-refractivity contribution is 0.0699. The number of rotatable bonds is 1. The zero-order valence-corrected chi connectivity index (χ0v) is 10.5. The second kappa shape index (κ2) is 3.90. The Balaban J connectivity index is 2.96. The minimum atomic E-state index is -0.957. The molecule has 76 valence electrons. The number of carboxylic acid groups (broad SMARTS) is 1. The van der Waals surface area contributed by atoms with Crippen molar-refractivity contribution in [3.8, 4) is 0 Å². The third kappa shape index (κ3) is 1.77. The number of halogens is 2. The highest BCUT2D eigenvalue weighted by Crippen LogP contribution is 2.31. The molecule has 0 aliphatic carbocycles. The van der Waals surface area contributed by atoms with Crippen molar-refractivity contribution in [2.45, 2.75) is 0 Å². The van der Waals surface area contributed by atoms with Gasteiger partial charge in [-0.2, -0.15) is 0 Å². The van der Waals surface area contributed by atoms with Gasteiger partial charge < -0.3 is 5.11 Å². The molecule has 0 unspecified atom stereocenters. The summed E-state index contributed by atoms with van der Waals surface area (Å²) in [7, 11) is 0. The lowest BCUT2D eigenvalue weighted by Crippen LogP contribution is -1.99. The molecule has 0 saturated carbocycles. The maximum Gasteiger partial charge on any atom is 0.336 e. The molecule has 1 N–H and O–H groups in total. The topological polar surface area (TPSA) is 50.2 Å². The molecule has 1 heterocycles. The predicted octanol–water partition coefficient (Wildman–Crippen LogP) is 3.46. The maximum atomic E-state index is 11.0. The first kappa shape index (κ1) is 10.6. The molecule has 0 atom stereocenters. The molecule has 2 aromatic rings. The van der Waals surface area contributed by atoms with Gasteiger partial charge in [0.25, 0.3) is 0 Å². The Hall–Kier alpha value is -0.940. The molecular formula is C10H5Br2NO2. The van der Waals surface area contributed by atoms with Crippen LogP contribution in [-0.4, -0.2) is 16.1 Å². The summed E-state index contributed by atoms with van der Waals surface area (Å²) in [5.41, 5.74) is 0.887. The van der Waals surface area contributed by atoms with Crippen LogP contribution in [0.1, 0.15) is 10.4 Å². The molecular weight excluding hydrogens is 326 g/mol. The number of carbonyl (C=O) groups is 1. The number of hydrogen-bond donors (Lipinski definition) is 1. The third-order valence-corrected chi connectivity index (χ3v) is 3.32. The van der Waals surface area contributed by atoms with Gasteiger partial charge in [0.2, 0.25) is 0 Å². The number of pyridine rings is 1. The molecule has 15 heavy (non-hydrogen) atoms. The first-order valence-corrected chi connectivity index (χ1v) is 5.66. The van der Waals surface area contributed by atoms with Gasteiger partial charge in [0.05, 0.1) is 11.1 Å². The molecule has 0 amide bonds. The van der Waals surface area contributed by atoms with E-state index in [-0.39, 0.29) is 5.56 Å². The van der Waals surface area contributed by atoms with E-state index in [1.165, 1.54) is 12.3 Å². The fourth-order valence-corrected chi connectivity index (χ4v) is 2.34. The van der Waals surface area contributed by atoms with E-state index in [0.29, 0.717) is 10.9 Å². The van der Waals surface area contributed by atoms with Crippen LogP contribution in [0.3, 0.4) is 0 Å². The second-order valence-electron chi connectivity index (χ2n) is 2.92.